The van der Waals surface area contributed by atoms with Crippen molar-refractivity contribution in [1.82, 2.24) is 10.6 Å². The molecule has 0 aliphatic rings. The van der Waals surface area contributed by atoms with Gasteiger partial charge in [-0.1, -0.05) is 54.6 Å². The molecule has 160 valence electrons. The lowest BCUT2D eigenvalue weighted by molar-refractivity contribution is -0.120. The first-order valence-corrected chi connectivity index (χ1v) is 10.2. The van der Waals surface area contributed by atoms with Crippen LogP contribution in [0.3, 0.4) is 0 Å². The molecule has 2 amide bonds. The Morgan fingerprint density at radius 3 is 2.23 bits per heavy atom. The monoisotopic (exact) mass is 418 g/mol. The lowest BCUT2D eigenvalue weighted by atomic mass is 10.1. The molecule has 0 unspecified atom stereocenters. The van der Waals surface area contributed by atoms with Crippen molar-refractivity contribution in [3.63, 3.8) is 0 Å². The number of carbonyl (C=O) groups excluding carboxylic acids is 2. The predicted octanol–water partition coefficient (Wildman–Crippen LogP) is 3.71. The summed E-state index contributed by atoms with van der Waals surface area (Å²) in [6.45, 7) is 2.94. The summed E-state index contributed by atoms with van der Waals surface area (Å²) >= 11 is 0. The van der Waals surface area contributed by atoms with E-state index in [-0.39, 0.29) is 18.4 Å². The van der Waals surface area contributed by atoms with E-state index in [2.05, 4.69) is 10.6 Å². The van der Waals surface area contributed by atoms with E-state index in [9.17, 15) is 9.59 Å². The van der Waals surface area contributed by atoms with Gasteiger partial charge in [0, 0.05) is 6.54 Å². The molecule has 0 radical (unpaired) electrons. The predicted molar refractivity (Wildman–Crippen MR) is 119 cm³/mol. The van der Waals surface area contributed by atoms with Crippen LogP contribution in [0.25, 0.3) is 0 Å². The van der Waals surface area contributed by atoms with Gasteiger partial charge in [0.25, 0.3) is 5.91 Å². The van der Waals surface area contributed by atoms with E-state index >= 15 is 0 Å². The third-order valence-corrected chi connectivity index (χ3v) is 4.57. The third-order valence-electron chi connectivity index (χ3n) is 4.57. The molecule has 0 aliphatic carbocycles. The first kappa shape index (κ1) is 21.9. The van der Waals surface area contributed by atoms with E-state index in [4.69, 9.17) is 9.47 Å². The van der Waals surface area contributed by atoms with Gasteiger partial charge < -0.3 is 20.1 Å². The number of rotatable bonds is 10. The molecule has 0 fully saturated rings. The van der Waals surface area contributed by atoms with Crippen LogP contribution in [0.4, 0.5) is 0 Å². The van der Waals surface area contributed by atoms with E-state index in [1.54, 1.807) is 24.3 Å². The van der Waals surface area contributed by atoms with E-state index in [1.807, 2.05) is 61.5 Å². The summed E-state index contributed by atoms with van der Waals surface area (Å²) in [6.07, 6.45) is 0. The van der Waals surface area contributed by atoms with Crippen LogP contribution in [-0.4, -0.2) is 25.0 Å². The van der Waals surface area contributed by atoms with Crippen LogP contribution in [-0.2, 0) is 17.9 Å². The van der Waals surface area contributed by atoms with Gasteiger partial charge in [-0.25, -0.2) is 0 Å². The molecular formula is C25H26N2O4. The van der Waals surface area contributed by atoms with Gasteiger partial charge in [-0.2, -0.15) is 0 Å². The Balaban J connectivity index is 1.50. The number of benzene rings is 3. The normalized spacial score (nSPS) is 10.2. The topological polar surface area (TPSA) is 76.7 Å². The number of nitrogens with one attached hydrogen (secondary N) is 2. The van der Waals surface area contributed by atoms with Crippen molar-refractivity contribution in [2.24, 2.45) is 0 Å². The summed E-state index contributed by atoms with van der Waals surface area (Å²) in [5.41, 5.74) is 2.35. The number of carbonyl (C=O) groups is 2. The van der Waals surface area contributed by atoms with Gasteiger partial charge in [-0.05, 0) is 42.3 Å². The third kappa shape index (κ3) is 6.60. The molecule has 0 atom stereocenters. The maximum Gasteiger partial charge on any atom is 0.255 e. The Bertz CT molecular complexity index is 1010. The highest BCUT2D eigenvalue weighted by atomic mass is 16.5. The highest BCUT2D eigenvalue weighted by Crippen LogP contribution is 2.17. The van der Waals surface area contributed by atoms with Crippen molar-refractivity contribution in [2.75, 3.05) is 13.2 Å². The summed E-state index contributed by atoms with van der Waals surface area (Å²) in [5.74, 6) is 0.656. The van der Waals surface area contributed by atoms with Crippen LogP contribution in [0.5, 0.6) is 11.5 Å². The summed E-state index contributed by atoms with van der Waals surface area (Å²) in [6, 6.07) is 24.3. The minimum absolute atomic E-state index is 0.123. The molecule has 0 saturated carbocycles. The maximum absolute atomic E-state index is 12.4. The summed E-state index contributed by atoms with van der Waals surface area (Å²) in [5, 5.41) is 5.48. The SMILES string of the molecule is CCOc1ccccc1C(=O)NCC(=O)NCc1ccccc1COc1ccccc1. The fourth-order valence-electron chi connectivity index (χ4n) is 3.00. The quantitative estimate of drug-likeness (QED) is 0.526. The minimum atomic E-state index is -0.351. The fourth-order valence-corrected chi connectivity index (χ4v) is 3.00. The lowest BCUT2D eigenvalue weighted by Crippen LogP contribution is -2.36. The average molecular weight is 418 g/mol. The molecule has 31 heavy (non-hydrogen) atoms. The molecule has 3 aromatic rings. The van der Waals surface area contributed by atoms with Crippen LogP contribution in [0.15, 0.2) is 78.9 Å². The van der Waals surface area contributed by atoms with Gasteiger partial charge >= 0.3 is 0 Å². The molecule has 6 heteroatoms. The number of amides is 2. The van der Waals surface area contributed by atoms with Crippen molar-refractivity contribution in [3.05, 3.63) is 95.6 Å². The van der Waals surface area contributed by atoms with E-state index < -0.39 is 0 Å². The number of hydrogen-bond donors (Lipinski definition) is 2. The second-order valence-electron chi connectivity index (χ2n) is 6.76. The zero-order valence-corrected chi connectivity index (χ0v) is 17.5. The fraction of sp³-hybridized carbons (Fsp3) is 0.200. The molecule has 6 nitrogen and oxygen atoms in total. The van der Waals surface area contributed by atoms with Crippen LogP contribution in [0.2, 0.25) is 0 Å². The number of para-hydroxylation sites is 2. The molecule has 2 N–H and O–H groups in total. The van der Waals surface area contributed by atoms with Crippen molar-refractivity contribution in [3.8, 4) is 11.5 Å². The van der Waals surface area contributed by atoms with E-state index in [0.29, 0.717) is 31.1 Å². The lowest BCUT2D eigenvalue weighted by Gasteiger charge is -2.13. The van der Waals surface area contributed by atoms with Gasteiger partial charge in [-0.15, -0.1) is 0 Å². The first-order valence-electron chi connectivity index (χ1n) is 10.2. The molecule has 0 heterocycles. The molecule has 0 saturated heterocycles. The summed E-state index contributed by atoms with van der Waals surface area (Å²) in [7, 11) is 0. The molecule has 0 spiro atoms. The summed E-state index contributed by atoms with van der Waals surface area (Å²) in [4.78, 5) is 24.7. The van der Waals surface area contributed by atoms with Gasteiger partial charge in [0.2, 0.25) is 5.91 Å². The Labute approximate surface area is 182 Å². The van der Waals surface area contributed by atoms with Crippen LogP contribution < -0.4 is 20.1 Å². The summed E-state index contributed by atoms with van der Waals surface area (Å²) < 4.78 is 11.3. The average Bonchev–Trinajstić information content (AvgIpc) is 2.81. The van der Waals surface area contributed by atoms with Gasteiger partial charge in [0.1, 0.15) is 18.1 Å². The smallest absolute Gasteiger partial charge is 0.255 e. The molecule has 0 aromatic heterocycles. The van der Waals surface area contributed by atoms with E-state index in [0.717, 1.165) is 16.9 Å². The standard InChI is InChI=1S/C25H26N2O4/c1-2-30-23-15-9-8-14-22(23)25(29)27-17-24(28)26-16-19-10-6-7-11-20(19)18-31-21-12-4-3-5-13-21/h3-15H,2,16-18H2,1H3,(H,26,28)(H,27,29). The molecule has 3 rings (SSSR count). The van der Waals surface area contributed by atoms with Crippen LogP contribution in [0.1, 0.15) is 28.4 Å². The van der Waals surface area contributed by atoms with Gasteiger partial charge in [0.05, 0.1) is 18.7 Å². The highest BCUT2D eigenvalue weighted by Gasteiger charge is 2.13. The van der Waals surface area contributed by atoms with Crippen molar-refractivity contribution in [2.45, 2.75) is 20.1 Å². The zero-order valence-electron chi connectivity index (χ0n) is 17.5. The Morgan fingerprint density at radius 2 is 1.45 bits per heavy atom. The van der Waals surface area contributed by atoms with Gasteiger partial charge in [0.15, 0.2) is 0 Å². The first-order chi connectivity index (χ1) is 15.2. The van der Waals surface area contributed by atoms with Gasteiger partial charge in [-0.3, -0.25) is 9.59 Å². The van der Waals surface area contributed by atoms with Crippen LogP contribution in [0, 0.1) is 0 Å². The zero-order chi connectivity index (χ0) is 21.9. The second-order valence-corrected chi connectivity index (χ2v) is 6.76. The molecule has 0 bridgehead atoms. The van der Waals surface area contributed by atoms with E-state index in [1.165, 1.54) is 0 Å². The van der Waals surface area contributed by atoms with Crippen molar-refractivity contribution < 1.29 is 19.1 Å². The van der Waals surface area contributed by atoms with Crippen molar-refractivity contribution >= 4 is 11.8 Å². The largest absolute Gasteiger partial charge is 0.493 e. The Hall–Kier alpha value is -3.80. The van der Waals surface area contributed by atoms with Crippen molar-refractivity contribution in [1.29, 1.82) is 0 Å². The number of hydrogen-bond acceptors (Lipinski definition) is 4. The highest BCUT2D eigenvalue weighted by molar-refractivity contribution is 5.98. The molecule has 3 aromatic carbocycles. The van der Waals surface area contributed by atoms with Crippen LogP contribution >= 0.6 is 0 Å². The Morgan fingerprint density at radius 1 is 0.774 bits per heavy atom. The molecular weight excluding hydrogens is 392 g/mol. The molecule has 0 aliphatic heterocycles. The number of ether oxygens (including phenoxy) is 2. The maximum atomic E-state index is 12.4. The second kappa shape index (κ2) is 11.4. The minimum Gasteiger partial charge on any atom is -0.493 e. The Kier molecular flexibility index (Phi) is 8.05.